The van der Waals surface area contributed by atoms with E-state index < -0.39 is 0 Å². The lowest BCUT2D eigenvalue weighted by molar-refractivity contribution is -0.140. The predicted molar refractivity (Wildman–Crippen MR) is 118 cm³/mol. The number of nitrogens with one attached hydrogen (secondary N) is 1. The fourth-order valence-corrected chi connectivity index (χ4v) is 7.59. The van der Waals surface area contributed by atoms with Crippen LogP contribution in [0.1, 0.15) is 70.6 Å². The van der Waals surface area contributed by atoms with Crippen LogP contribution in [0.4, 0.5) is 0 Å². The van der Waals surface area contributed by atoms with Gasteiger partial charge >= 0.3 is 0 Å². The van der Waals surface area contributed by atoms with Crippen molar-refractivity contribution < 1.29 is 14.4 Å². The highest BCUT2D eigenvalue weighted by Gasteiger charge is 2.41. The first-order valence-electron chi connectivity index (χ1n) is 12.9. The van der Waals surface area contributed by atoms with E-state index in [1.807, 2.05) is 9.80 Å². The molecule has 3 amide bonds. The van der Waals surface area contributed by atoms with Gasteiger partial charge in [-0.2, -0.15) is 0 Å². The van der Waals surface area contributed by atoms with Gasteiger partial charge in [0.1, 0.15) is 0 Å². The number of amides is 3. The van der Waals surface area contributed by atoms with E-state index in [1.54, 1.807) is 0 Å². The summed E-state index contributed by atoms with van der Waals surface area (Å²) in [6.07, 6.45) is 12.2. The van der Waals surface area contributed by atoms with Crippen molar-refractivity contribution in [3.63, 3.8) is 0 Å². The average molecular weight is 430 g/mol. The van der Waals surface area contributed by atoms with E-state index in [1.165, 1.54) is 51.4 Å². The number of fused-ring (bicyclic) bond motifs is 4. The lowest BCUT2D eigenvalue weighted by Gasteiger charge is -2.36. The van der Waals surface area contributed by atoms with E-state index in [0.717, 1.165) is 23.7 Å². The first-order valence-corrected chi connectivity index (χ1v) is 12.9. The summed E-state index contributed by atoms with van der Waals surface area (Å²) in [4.78, 5) is 41.3. The number of carbonyl (C=O) groups is 3. The van der Waals surface area contributed by atoms with Gasteiger partial charge in [0.15, 0.2) is 0 Å². The monoisotopic (exact) mass is 429 g/mol. The zero-order chi connectivity index (χ0) is 21.4. The summed E-state index contributed by atoms with van der Waals surface area (Å²) in [5.41, 5.74) is 0. The van der Waals surface area contributed by atoms with Gasteiger partial charge in [-0.3, -0.25) is 14.4 Å². The molecule has 0 aromatic carbocycles. The summed E-state index contributed by atoms with van der Waals surface area (Å²) >= 11 is 0. The molecule has 0 radical (unpaired) electrons. The summed E-state index contributed by atoms with van der Waals surface area (Å²) in [7, 11) is 0. The maximum atomic E-state index is 12.7. The molecule has 4 bridgehead atoms. The Labute approximate surface area is 186 Å². The standard InChI is InChI=1S/C25H39N3O3/c29-23(15-21-13-17-1-3-19(21)11-17)26-6-5-24(30)27-7-9-28(10-8-27)25(31)16-22-14-18-2-4-20(22)12-18/h17-22H,1-16H2,(H,26,29)/t17-,18-,19-,20-,21+,22-/m0/s1. The van der Waals surface area contributed by atoms with Gasteiger partial charge in [-0.15, -0.1) is 0 Å². The van der Waals surface area contributed by atoms with Crippen molar-refractivity contribution in [3.05, 3.63) is 0 Å². The highest BCUT2D eigenvalue weighted by molar-refractivity contribution is 5.80. The van der Waals surface area contributed by atoms with Gasteiger partial charge in [0.05, 0.1) is 0 Å². The molecule has 0 aromatic rings. The molecule has 4 saturated carbocycles. The van der Waals surface area contributed by atoms with Crippen LogP contribution in [0, 0.1) is 35.5 Å². The van der Waals surface area contributed by atoms with Crippen LogP contribution < -0.4 is 5.32 Å². The van der Waals surface area contributed by atoms with Crippen LogP contribution in [0.2, 0.25) is 0 Å². The van der Waals surface area contributed by atoms with Gasteiger partial charge in [-0.25, -0.2) is 0 Å². The third kappa shape index (κ3) is 4.78. The van der Waals surface area contributed by atoms with Crippen molar-refractivity contribution in [2.24, 2.45) is 35.5 Å². The van der Waals surface area contributed by atoms with Crippen molar-refractivity contribution in [2.45, 2.75) is 70.6 Å². The van der Waals surface area contributed by atoms with Crippen molar-refractivity contribution in [1.82, 2.24) is 15.1 Å². The molecule has 1 N–H and O–H groups in total. The van der Waals surface area contributed by atoms with Gasteiger partial charge in [0.25, 0.3) is 0 Å². The molecule has 6 heteroatoms. The van der Waals surface area contributed by atoms with Crippen molar-refractivity contribution in [2.75, 3.05) is 32.7 Å². The van der Waals surface area contributed by atoms with E-state index in [9.17, 15) is 14.4 Å². The number of nitrogens with zero attached hydrogens (tertiary/aromatic N) is 2. The second-order valence-electron chi connectivity index (χ2n) is 11.1. The molecular weight excluding hydrogens is 390 g/mol. The zero-order valence-electron chi connectivity index (χ0n) is 18.9. The molecule has 1 aliphatic heterocycles. The smallest absolute Gasteiger partial charge is 0.224 e. The Morgan fingerprint density at radius 2 is 1.23 bits per heavy atom. The fourth-order valence-electron chi connectivity index (χ4n) is 7.59. The Bertz CT molecular complexity index is 702. The number of piperazine rings is 1. The zero-order valence-corrected chi connectivity index (χ0v) is 18.9. The average Bonchev–Trinajstić information content (AvgIpc) is 3.56. The SMILES string of the molecule is O=C(C[C@H]1C[C@H]2CC[C@H]1C2)NCCC(=O)N1CCN(C(=O)C[C@@H]2C[C@H]3CC[C@H]2C3)CC1. The van der Waals surface area contributed by atoms with Crippen LogP contribution >= 0.6 is 0 Å². The highest BCUT2D eigenvalue weighted by atomic mass is 16.2. The van der Waals surface area contributed by atoms with Crippen LogP contribution in [-0.4, -0.2) is 60.2 Å². The number of hydrogen-bond acceptors (Lipinski definition) is 3. The van der Waals surface area contributed by atoms with Crippen LogP contribution in [0.5, 0.6) is 0 Å². The molecular formula is C25H39N3O3. The second kappa shape index (κ2) is 9.11. The minimum atomic E-state index is 0.0976. The molecule has 1 saturated heterocycles. The van der Waals surface area contributed by atoms with Crippen molar-refractivity contribution in [1.29, 1.82) is 0 Å². The van der Waals surface area contributed by atoms with Crippen molar-refractivity contribution in [3.8, 4) is 0 Å². The molecule has 0 aromatic heterocycles. The quantitative estimate of drug-likeness (QED) is 0.677. The minimum absolute atomic E-state index is 0.0976. The van der Waals surface area contributed by atoms with Crippen LogP contribution in [0.25, 0.3) is 0 Å². The molecule has 31 heavy (non-hydrogen) atoms. The number of hydrogen-bond donors (Lipinski definition) is 1. The molecule has 5 aliphatic rings. The van der Waals surface area contributed by atoms with E-state index in [2.05, 4.69) is 5.32 Å². The van der Waals surface area contributed by atoms with E-state index >= 15 is 0 Å². The molecule has 172 valence electrons. The van der Waals surface area contributed by atoms with E-state index in [-0.39, 0.29) is 17.7 Å². The van der Waals surface area contributed by atoms with Crippen LogP contribution in [0.3, 0.4) is 0 Å². The van der Waals surface area contributed by atoms with Gasteiger partial charge in [-0.05, 0) is 74.0 Å². The maximum Gasteiger partial charge on any atom is 0.224 e. The summed E-state index contributed by atoms with van der Waals surface area (Å²) in [5, 5.41) is 2.97. The molecule has 6 nitrogen and oxygen atoms in total. The lowest BCUT2D eigenvalue weighted by atomic mass is 9.86. The van der Waals surface area contributed by atoms with E-state index in [4.69, 9.17) is 0 Å². The Hall–Kier alpha value is -1.59. The second-order valence-corrected chi connectivity index (χ2v) is 11.1. The third-order valence-electron chi connectivity index (χ3n) is 9.30. The largest absolute Gasteiger partial charge is 0.356 e. The third-order valence-corrected chi connectivity index (χ3v) is 9.30. The Kier molecular flexibility index (Phi) is 6.25. The molecule has 1 heterocycles. The van der Waals surface area contributed by atoms with Crippen molar-refractivity contribution >= 4 is 17.7 Å². The molecule has 5 fully saturated rings. The maximum absolute atomic E-state index is 12.7. The van der Waals surface area contributed by atoms with E-state index in [0.29, 0.717) is 63.8 Å². The van der Waals surface area contributed by atoms with Gasteiger partial charge in [-0.1, -0.05) is 12.8 Å². The molecule has 5 rings (SSSR count). The van der Waals surface area contributed by atoms with Gasteiger partial charge < -0.3 is 15.1 Å². The lowest BCUT2D eigenvalue weighted by Crippen LogP contribution is -2.51. The molecule has 6 atom stereocenters. The molecule has 4 aliphatic carbocycles. The number of rotatable bonds is 7. The normalized spacial score (nSPS) is 36.3. The Morgan fingerprint density at radius 3 is 1.74 bits per heavy atom. The summed E-state index contributed by atoms with van der Waals surface area (Å²) < 4.78 is 0. The first kappa shape index (κ1) is 21.3. The Balaban J connectivity index is 0.967. The predicted octanol–water partition coefficient (Wildman–Crippen LogP) is 2.82. The topological polar surface area (TPSA) is 69.7 Å². The van der Waals surface area contributed by atoms with Crippen LogP contribution in [-0.2, 0) is 14.4 Å². The summed E-state index contributed by atoms with van der Waals surface area (Å²) in [6.45, 7) is 2.99. The number of carbonyl (C=O) groups excluding carboxylic acids is 3. The van der Waals surface area contributed by atoms with Crippen LogP contribution in [0.15, 0.2) is 0 Å². The highest BCUT2D eigenvalue weighted by Crippen LogP contribution is 2.50. The first-order chi connectivity index (χ1) is 15.0. The summed E-state index contributed by atoms with van der Waals surface area (Å²) in [5.74, 6) is 4.97. The fraction of sp³-hybridized carbons (Fsp3) is 0.880. The minimum Gasteiger partial charge on any atom is -0.356 e. The van der Waals surface area contributed by atoms with Gasteiger partial charge in [0, 0.05) is 52.0 Å². The Morgan fingerprint density at radius 1 is 0.677 bits per heavy atom. The molecule has 0 unspecified atom stereocenters. The molecule has 0 spiro atoms. The summed E-state index contributed by atoms with van der Waals surface area (Å²) in [6, 6.07) is 0. The van der Waals surface area contributed by atoms with Gasteiger partial charge in [0.2, 0.25) is 17.7 Å².